The Bertz CT molecular complexity index is 1230. The summed E-state index contributed by atoms with van der Waals surface area (Å²) in [6, 6.07) is 9.42. The monoisotopic (exact) mass is 445 g/mol. The average Bonchev–Trinajstić information content (AvgIpc) is 3.29. The van der Waals surface area contributed by atoms with E-state index in [0.717, 1.165) is 79.5 Å². The van der Waals surface area contributed by atoms with Gasteiger partial charge in [0.25, 0.3) is 0 Å². The van der Waals surface area contributed by atoms with Gasteiger partial charge in [-0.05, 0) is 49.7 Å². The zero-order chi connectivity index (χ0) is 22.6. The number of benzene rings is 1. The van der Waals surface area contributed by atoms with Gasteiger partial charge in [-0.1, -0.05) is 0 Å². The average molecular weight is 446 g/mol. The quantitative estimate of drug-likeness (QED) is 0.466. The van der Waals surface area contributed by atoms with Crippen molar-refractivity contribution < 1.29 is 14.6 Å². The predicted molar refractivity (Wildman–Crippen MR) is 125 cm³/mol. The molecule has 0 unspecified atom stereocenters. The van der Waals surface area contributed by atoms with Crippen LogP contribution in [0.1, 0.15) is 12.1 Å². The molecule has 4 heterocycles. The molecule has 33 heavy (non-hydrogen) atoms. The van der Waals surface area contributed by atoms with Gasteiger partial charge in [-0.25, -0.2) is 4.98 Å². The predicted octanol–water partition coefficient (Wildman–Crippen LogP) is 3.44. The van der Waals surface area contributed by atoms with Crippen LogP contribution in [0, 0.1) is 0 Å². The highest BCUT2D eigenvalue weighted by atomic mass is 16.5. The standard InChI is InChI=1S/C25H27N5O3/c1-32-24-13-18(5-7-23(24)31)22-15-28-25-16-27-21(17-30(22)25)19-4-6-20(26-14-19)3-2-8-29-9-11-33-12-10-29/h4-7,13-17,31H,2-3,8-12H2,1H3. The molecule has 0 amide bonds. The van der Waals surface area contributed by atoms with E-state index in [4.69, 9.17) is 9.47 Å². The lowest BCUT2D eigenvalue weighted by atomic mass is 10.1. The van der Waals surface area contributed by atoms with Crippen LogP contribution in [0.4, 0.5) is 0 Å². The van der Waals surface area contributed by atoms with Crippen molar-refractivity contribution in [3.05, 3.63) is 60.8 Å². The Hall–Kier alpha value is -3.49. The molecular weight excluding hydrogens is 418 g/mol. The molecule has 0 aliphatic carbocycles. The van der Waals surface area contributed by atoms with Gasteiger partial charge >= 0.3 is 0 Å². The minimum absolute atomic E-state index is 0.105. The van der Waals surface area contributed by atoms with Gasteiger partial charge in [0.15, 0.2) is 17.1 Å². The Morgan fingerprint density at radius 3 is 2.64 bits per heavy atom. The number of imidazole rings is 1. The van der Waals surface area contributed by atoms with Gasteiger partial charge in [-0.2, -0.15) is 0 Å². The number of fused-ring (bicyclic) bond motifs is 1. The maximum Gasteiger partial charge on any atom is 0.161 e. The highest BCUT2D eigenvalue weighted by Gasteiger charge is 2.12. The number of phenolic OH excluding ortho intramolecular Hbond substituents is 1. The molecule has 1 saturated heterocycles. The summed E-state index contributed by atoms with van der Waals surface area (Å²) in [5, 5.41) is 9.91. The third kappa shape index (κ3) is 4.67. The lowest BCUT2D eigenvalue weighted by Gasteiger charge is -2.26. The van der Waals surface area contributed by atoms with Crippen molar-refractivity contribution in [2.45, 2.75) is 12.8 Å². The second-order valence-electron chi connectivity index (χ2n) is 8.13. The zero-order valence-corrected chi connectivity index (χ0v) is 18.6. The van der Waals surface area contributed by atoms with E-state index < -0.39 is 0 Å². The molecule has 0 radical (unpaired) electrons. The molecule has 0 atom stereocenters. The first kappa shape index (κ1) is 21.4. The van der Waals surface area contributed by atoms with E-state index in [1.165, 1.54) is 7.11 Å². The fourth-order valence-corrected chi connectivity index (χ4v) is 4.12. The smallest absolute Gasteiger partial charge is 0.161 e. The molecule has 4 aromatic rings. The number of aromatic nitrogens is 4. The Morgan fingerprint density at radius 2 is 1.85 bits per heavy atom. The third-order valence-corrected chi connectivity index (χ3v) is 6.00. The maximum atomic E-state index is 9.91. The first-order valence-corrected chi connectivity index (χ1v) is 11.2. The van der Waals surface area contributed by atoms with Crippen molar-refractivity contribution in [3.63, 3.8) is 0 Å². The fraction of sp³-hybridized carbons (Fsp3) is 0.320. The Balaban J connectivity index is 1.33. The number of morpholine rings is 1. The molecule has 5 rings (SSSR count). The number of pyridine rings is 1. The normalized spacial score (nSPS) is 14.6. The van der Waals surface area contributed by atoms with Gasteiger partial charge in [0, 0.05) is 42.3 Å². The SMILES string of the molecule is COc1cc(-c2cnc3cnc(-c4ccc(CCCN5CCOCC5)nc4)cn23)ccc1O. The Morgan fingerprint density at radius 1 is 1.00 bits per heavy atom. The number of ether oxygens (including phenoxy) is 2. The molecule has 1 N–H and O–H groups in total. The van der Waals surface area contributed by atoms with Crippen LogP contribution in [0.3, 0.4) is 0 Å². The molecule has 8 nitrogen and oxygen atoms in total. The van der Waals surface area contributed by atoms with Crippen molar-refractivity contribution in [2.24, 2.45) is 0 Å². The number of aromatic hydroxyl groups is 1. The molecule has 170 valence electrons. The summed E-state index contributed by atoms with van der Waals surface area (Å²) in [5.41, 5.74) is 5.39. The number of hydrogen-bond donors (Lipinski definition) is 1. The number of methoxy groups -OCH3 is 1. The van der Waals surface area contributed by atoms with Crippen LogP contribution in [0.15, 0.2) is 55.1 Å². The lowest BCUT2D eigenvalue weighted by molar-refractivity contribution is 0.0374. The maximum absolute atomic E-state index is 9.91. The highest BCUT2D eigenvalue weighted by Crippen LogP contribution is 2.32. The summed E-state index contributed by atoms with van der Waals surface area (Å²) in [7, 11) is 1.54. The highest BCUT2D eigenvalue weighted by molar-refractivity contribution is 5.68. The number of hydrogen-bond acceptors (Lipinski definition) is 7. The molecule has 1 aliphatic heterocycles. The van der Waals surface area contributed by atoms with Crippen molar-refractivity contribution in [1.29, 1.82) is 0 Å². The van der Waals surface area contributed by atoms with Crippen LogP contribution >= 0.6 is 0 Å². The van der Waals surface area contributed by atoms with Crippen LogP contribution < -0.4 is 4.74 Å². The van der Waals surface area contributed by atoms with Crippen LogP contribution in [0.2, 0.25) is 0 Å². The van der Waals surface area contributed by atoms with Gasteiger partial charge in [-0.15, -0.1) is 0 Å². The van der Waals surface area contributed by atoms with Crippen LogP contribution in [0.25, 0.3) is 28.2 Å². The summed E-state index contributed by atoms with van der Waals surface area (Å²) in [4.78, 5) is 16.2. The van der Waals surface area contributed by atoms with Gasteiger partial charge in [0.2, 0.25) is 0 Å². The Labute approximate surface area is 192 Å². The van der Waals surface area contributed by atoms with Crippen LogP contribution in [-0.2, 0) is 11.2 Å². The van der Waals surface area contributed by atoms with E-state index in [9.17, 15) is 5.11 Å². The second-order valence-corrected chi connectivity index (χ2v) is 8.13. The van der Waals surface area contributed by atoms with E-state index in [-0.39, 0.29) is 5.75 Å². The Kier molecular flexibility index (Phi) is 6.19. The molecule has 3 aromatic heterocycles. The van der Waals surface area contributed by atoms with E-state index >= 15 is 0 Å². The molecular formula is C25H27N5O3. The molecule has 0 spiro atoms. The topological polar surface area (TPSA) is 85.0 Å². The van der Waals surface area contributed by atoms with Crippen LogP contribution in [0.5, 0.6) is 11.5 Å². The molecule has 1 aromatic carbocycles. The van der Waals surface area contributed by atoms with Gasteiger partial charge in [0.05, 0.1) is 44.1 Å². The van der Waals surface area contributed by atoms with E-state index in [1.54, 1.807) is 24.5 Å². The second kappa shape index (κ2) is 9.56. The van der Waals surface area contributed by atoms with Gasteiger partial charge in [0.1, 0.15) is 0 Å². The summed E-state index contributed by atoms with van der Waals surface area (Å²) >= 11 is 0. The van der Waals surface area contributed by atoms with Crippen molar-refractivity contribution in [2.75, 3.05) is 40.0 Å². The first-order chi connectivity index (χ1) is 16.2. The van der Waals surface area contributed by atoms with Crippen molar-refractivity contribution in [3.8, 4) is 34.0 Å². The van der Waals surface area contributed by atoms with E-state index in [0.29, 0.717) is 5.75 Å². The minimum atomic E-state index is 0.105. The molecule has 8 heteroatoms. The first-order valence-electron chi connectivity index (χ1n) is 11.2. The number of rotatable bonds is 7. The number of nitrogens with zero attached hydrogens (tertiary/aromatic N) is 5. The van der Waals surface area contributed by atoms with Crippen LogP contribution in [-0.4, -0.2) is 69.3 Å². The summed E-state index contributed by atoms with van der Waals surface area (Å²) in [5.74, 6) is 0.527. The van der Waals surface area contributed by atoms with Gasteiger partial charge in [-0.3, -0.25) is 19.3 Å². The summed E-state index contributed by atoms with van der Waals surface area (Å²) < 4.78 is 12.7. The van der Waals surface area contributed by atoms with Gasteiger partial charge < -0.3 is 14.6 Å². The zero-order valence-electron chi connectivity index (χ0n) is 18.6. The van der Waals surface area contributed by atoms with E-state index in [1.807, 2.05) is 22.9 Å². The molecule has 0 saturated carbocycles. The summed E-state index contributed by atoms with van der Waals surface area (Å²) in [6.07, 6.45) is 9.45. The fourth-order valence-electron chi connectivity index (χ4n) is 4.12. The summed E-state index contributed by atoms with van der Waals surface area (Å²) in [6.45, 7) is 4.80. The van der Waals surface area contributed by atoms with Crippen molar-refractivity contribution >= 4 is 5.65 Å². The number of aryl methyl sites for hydroxylation is 1. The third-order valence-electron chi connectivity index (χ3n) is 6.00. The minimum Gasteiger partial charge on any atom is -0.504 e. The lowest BCUT2D eigenvalue weighted by Crippen LogP contribution is -2.36. The molecule has 0 bridgehead atoms. The molecule has 1 fully saturated rings. The van der Waals surface area contributed by atoms with E-state index in [2.05, 4.69) is 32.0 Å². The molecule has 1 aliphatic rings. The number of phenols is 1. The largest absolute Gasteiger partial charge is 0.504 e. The van der Waals surface area contributed by atoms with Crippen molar-refractivity contribution in [1.82, 2.24) is 24.3 Å².